The largest absolute Gasteiger partial charge is 0.337 e. The fraction of sp³-hybridized carbons (Fsp3) is 0.533. The number of imidazole rings is 1. The molecule has 5 nitrogen and oxygen atoms in total. The van der Waals surface area contributed by atoms with Crippen LogP contribution in [0.25, 0.3) is 0 Å². The van der Waals surface area contributed by atoms with E-state index in [0.717, 1.165) is 25.5 Å². The highest BCUT2D eigenvalue weighted by Crippen LogP contribution is 2.28. The van der Waals surface area contributed by atoms with Gasteiger partial charge in [0.1, 0.15) is 12.2 Å². The van der Waals surface area contributed by atoms with E-state index in [1.807, 2.05) is 18.6 Å². The maximum atomic E-state index is 4.47. The third-order valence-electron chi connectivity index (χ3n) is 4.20. The molecule has 1 aliphatic heterocycles. The smallest absolute Gasteiger partial charge is 0.122 e. The number of piperidine rings is 1. The Morgan fingerprint density at radius 3 is 2.70 bits per heavy atom. The fourth-order valence-corrected chi connectivity index (χ4v) is 2.95. The Balaban J connectivity index is 1.60. The van der Waals surface area contributed by atoms with Gasteiger partial charge in [-0.3, -0.25) is 4.90 Å². The molecular formula is C15H21N5. The first-order valence-corrected chi connectivity index (χ1v) is 7.19. The highest BCUT2D eigenvalue weighted by atomic mass is 15.2. The molecule has 0 amide bonds. The average Bonchev–Trinajstić information content (AvgIpc) is 2.86. The van der Waals surface area contributed by atoms with E-state index in [1.54, 1.807) is 6.33 Å². The minimum Gasteiger partial charge on any atom is -0.337 e. The minimum absolute atomic E-state index is 0.579. The van der Waals surface area contributed by atoms with Crippen LogP contribution in [0.1, 0.15) is 35.8 Å². The van der Waals surface area contributed by atoms with E-state index in [-0.39, 0.29) is 0 Å². The lowest BCUT2D eigenvalue weighted by molar-refractivity contribution is 0.197. The van der Waals surface area contributed by atoms with Crippen molar-refractivity contribution in [1.29, 1.82) is 0 Å². The summed E-state index contributed by atoms with van der Waals surface area (Å²) in [5.41, 5.74) is 2.45. The zero-order valence-corrected chi connectivity index (χ0v) is 12.2. The third-order valence-corrected chi connectivity index (χ3v) is 4.20. The third kappa shape index (κ3) is 2.72. The number of aromatic nitrogens is 4. The van der Waals surface area contributed by atoms with Crippen molar-refractivity contribution >= 4 is 0 Å². The summed E-state index contributed by atoms with van der Waals surface area (Å²) in [7, 11) is 2.05. The lowest BCUT2D eigenvalue weighted by Gasteiger charge is -2.31. The van der Waals surface area contributed by atoms with Crippen molar-refractivity contribution in [2.24, 2.45) is 7.05 Å². The summed E-state index contributed by atoms with van der Waals surface area (Å²) in [6.45, 7) is 5.27. The highest BCUT2D eigenvalue weighted by Gasteiger charge is 2.23. The fourth-order valence-electron chi connectivity index (χ4n) is 2.95. The van der Waals surface area contributed by atoms with Crippen LogP contribution in [0.4, 0.5) is 0 Å². The molecule has 0 bridgehead atoms. The molecule has 0 saturated carbocycles. The van der Waals surface area contributed by atoms with E-state index in [4.69, 9.17) is 0 Å². The van der Waals surface area contributed by atoms with Crippen molar-refractivity contribution in [3.05, 3.63) is 42.0 Å². The second kappa shape index (κ2) is 5.71. The van der Waals surface area contributed by atoms with Crippen LogP contribution in [0.3, 0.4) is 0 Å². The standard InChI is InChI=1S/C15H21N5/c1-12-9-16-11-18-15(12)13-3-6-20(7-4-13)10-14-17-5-8-19(14)2/h5,8-9,11,13H,3-4,6-7,10H2,1-2H3. The van der Waals surface area contributed by atoms with Crippen LogP contribution >= 0.6 is 0 Å². The van der Waals surface area contributed by atoms with E-state index >= 15 is 0 Å². The van der Waals surface area contributed by atoms with E-state index in [1.165, 1.54) is 24.1 Å². The number of hydrogen-bond acceptors (Lipinski definition) is 4. The van der Waals surface area contributed by atoms with Gasteiger partial charge in [0.15, 0.2) is 0 Å². The summed E-state index contributed by atoms with van der Waals surface area (Å²) in [5.74, 6) is 1.72. The number of likely N-dealkylation sites (tertiary alicyclic amines) is 1. The first-order chi connectivity index (χ1) is 9.74. The summed E-state index contributed by atoms with van der Waals surface area (Å²) in [6.07, 6.45) is 9.80. The first kappa shape index (κ1) is 13.2. The quantitative estimate of drug-likeness (QED) is 0.855. The zero-order valence-electron chi connectivity index (χ0n) is 12.2. The number of aryl methyl sites for hydroxylation is 2. The van der Waals surface area contributed by atoms with E-state index < -0.39 is 0 Å². The molecule has 1 saturated heterocycles. The SMILES string of the molecule is Cc1cncnc1C1CCN(Cc2nccn2C)CC1. The molecule has 0 unspecified atom stereocenters. The van der Waals surface area contributed by atoms with Gasteiger partial charge in [0.2, 0.25) is 0 Å². The first-order valence-electron chi connectivity index (χ1n) is 7.19. The van der Waals surface area contributed by atoms with Crippen LogP contribution in [0, 0.1) is 6.92 Å². The van der Waals surface area contributed by atoms with Crippen molar-refractivity contribution < 1.29 is 0 Å². The monoisotopic (exact) mass is 271 g/mol. The van der Waals surface area contributed by atoms with Crippen molar-refractivity contribution in [2.75, 3.05) is 13.1 Å². The van der Waals surface area contributed by atoms with Gasteiger partial charge in [0.05, 0.1) is 6.54 Å². The number of nitrogens with zero attached hydrogens (tertiary/aromatic N) is 5. The molecule has 0 radical (unpaired) electrons. The second-order valence-corrected chi connectivity index (χ2v) is 5.60. The highest BCUT2D eigenvalue weighted by molar-refractivity contribution is 5.18. The molecule has 5 heteroatoms. The molecule has 1 fully saturated rings. The molecule has 2 aromatic heterocycles. The Labute approximate surface area is 119 Å². The number of rotatable bonds is 3. The molecule has 20 heavy (non-hydrogen) atoms. The normalized spacial score (nSPS) is 17.5. The Hall–Kier alpha value is -1.75. The molecule has 0 N–H and O–H groups in total. The number of hydrogen-bond donors (Lipinski definition) is 0. The molecule has 3 rings (SSSR count). The molecule has 1 aliphatic rings. The summed E-state index contributed by atoms with van der Waals surface area (Å²) < 4.78 is 2.10. The topological polar surface area (TPSA) is 46.8 Å². The molecule has 0 aromatic carbocycles. The van der Waals surface area contributed by atoms with Crippen LogP contribution in [0.15, 0.2) is 24.9 Å². The van der Waals surface area contributed by atoms with Gasteiger partial charge in [0.25, 0.3) is 0 Å². The summed E-state index contributed by atoms with van der Waals surface area (Å²) in [4.78, 5) is 15.4. The Morgan fingerprint density at radius 1 is 1.25 bits per heavy atom. The summed E-state index contributed by atoms with van der Waals surface area (Å²) in [6, 6.07) is 0. The predicted octanol–water partition coefficient (Wildman–Crippen LogP) is 1.90. The van der Waals surface area contributed by atoms with E-state index in [2.05, 4.69) is 38.4 Å². The molecule has 0 spiro atoms. The van der Waals surface area contributed by atoms with E-state index in [0.29, 0.717) is 5.92 Å². The minimum atomic E-state index is 0.579. The van der Waals surface area contributed by atoms with E-state index in [9.17, 15) is 0 Å². The average molecular weight is 271 g/mol. The van der Waals surface area contributed by atoms with Crippen LogP contribution in [0.5, 0.6) is 0 Å². The summed E-state index contributed by atoms with van der Waals surface area (Å²) >= 11 is 0. The van der Waals surface area contributed by atoms with Crippen LogP contribution in [-0.2, 0) is 13.6 Å². The molecular weight excluding hydrogens is 250 g/mol. The Kier molecular flexibility index (Phi) is 3.78. The molecule has 0 atom stereocenters. The molecule has 2 aromatic rings. The van der Waals surface area contributed by atoms with Gasteiger partial charge in [-0.2, -0.15) is 0 Å². The Bertz CT molecular complexity index is 569. The van der Waals surface area contributed by atoms with Gasteiger partial charge in [-0.1, -0.05) is 0 Å². The zero-order chi connectivity index (χ0) is 13.9. The second-order valence-electron chi connectivity index (χ2n) is 5.60. The van der Waals surface area contributed by atoms with Crippen molar-refractivity contribution in [3.8, 4) is 0 Å². The molecule has 3 heterocycles. The lowest BCUT2D eigenvalue weighted by Crippen LogP contribution is -2.33. The van der Waals surface area contributed by atoms with Crippen LogP contribution < -0.4 is 0 Å². The van der Waals surface area contributed by atoms with Crippen molar-refractivity contribution in [3.63, 3.8) is 0 Å². The van der Waals surface area contributed by atoms with Crippen molar-refractivity contribution in [1.82, 2.24) is 24.4 Å². The maximum absolute atomic E-state index is 4.47. The van der Waals surface area contributed by atoms with Crippen LogP contribution in [0.2, 0.25) is 0 Å². The van der Waals surface area contributed by atoms with Gasteiger partial charge < -0.3 is 4.57 Å². The molecule has 106 valence electrons. The predicted molar refractivity (Wildman–Crippen MR) is 77.2 cm³/mol. The van der Waals surface area contributed by atoms with Gasteiger partial charge in [0, 0.05) is 37.3 Å². The Morgan fingerprint density at radius 2 is 2.05 bits per heavy atom. The lowest BCUT2D eigenvalue weighted by atomic mass is 9.91. The van der Waals surface area contributed by atoms with Gasteiger partial charge in [-0.05, 0) is 38.4 Å². The maximum Gasteiger partial charge on any atom is 0.122 e. The van der Waals surface area contributed by atoms with Gasteiger partial charge in [-0.25, -0.2) is 15.0 Å². The van der Waals surface area contributed by atoms with Gasteiger partial charge >= 0.3 is 0 Å². The summed E-state index contributed by atoms with van der Waals surface area (Å²) in [5, 5.41) is 0. The van der Waals surface area contributed by atoms with Crippen molar-refractivity contribution in [2.45, 2.75) is 32.2 Å². The molecule has 0 aliphatic carbocycles. The van der Waals surface area contributed by atoms with Crippen LogP contribution in [-0.4, -0.2) is 37.5 Å². The van der Waals surface area contributed by atoms with Gasteiger partial charge in [-0.15, -0.1) is 0 Å².